The first-order valence-corrected chi connectivity index (χ1v) is 6.25. The first-order valence-electron chi connectivity index (χ1n) is 6.25. The van der Waals surface area contributed by atoms with E-state index in [0.29, 0.717) is 5.56 Å². The maximum atomic E-state index is 13.8. The summed E-state index contributed by atoms with van der Waals surface area (Å²) in [6, 6.07) is 6.54. The molecule has 0 saturated carbocycles. The van der Waals surface area contributed by atoms with Crippen molar-refractivity contribution in [1.29, 1.82) is 0 Å². The number of hydrogen-bond donors (Lipinski definition) is 2. The first kappa shape index (κ1) is 14.7. The first-order chi connectivity index (χ1) is 9.95. The molecule has 110 valence electrons. The van der Waals surface area contributed by atoms with Crippen molar-refractivity contribution in [3.05, 3.63) is 53.1 Å². The molecule has 0 aliphatic heterocycles. The second-order valence-corrected chi connectivity index (χ2v) is 4.44. The van der Waals surface area contributed by atoms with Gasteiger partial charge in [0, 0.05) is 18.7 Å². The van der Waals surface area contributed by atoms with E-state index in [1.165, 1.54) is 19.2 Å². The van der Waals surface area contributed by atoms with Gasteiger partial charge in [0.25, 0.3) is 5.91 Å². The van der Waals surface area contributed by atoms with Crippen molar-refractivity contribution in [2.75, 3.05) is 7.05 Å². The number of amides is 1. The average Bonchev–Trinajstić information content (AvgIpc) is 2.91. The molecule has 21 heavy (non-hydrogen) atoms. The van der Waals surface area contributed by atoms with Crippen molar-refractivity contribution in [2.24, 2.45) is 0 Å². The van der Waals surface area contributed by atoms with Crippen LogP contribution < -0.4 is 5.32 Å². The van der Waals surface area contributed by atoms with E-state index < -0.39 is 23.7 Å². The summed E-state index contributed by atoms with van der Waals surface area (Å²) in [5, 5.41) is 15.6. The Kier molecular flexibility index (Phi) is 4.02. The lowest BCUT2D eigenvalue weighted by Gasteiger charge is -2.15. The number of halogens is 1. The zero-order valence-corrected chi connectivity index (χ0v) is 11.5. The topological polar surface area (TPSA) is 84.2 Å². The van der Waals surface area contributed by atoms with E-state index in [-0.39, 0.29) is 11.4 Å². The summed E-state index contributed by atoms with van der Waals surface area (Å²) in [4.78, 5) is 22.9. The predicted molar refractivity (Wildman–Crippen MR) is 72.8 cm³/mol. The van der Waals surface area contributed by atoms with E-state index in [1.807, 2.05) is 0 Å². The number of carboxylic acid groups (broad SMARTS) is 1. The molecule has 0 aliphatic rings. The lowest BCUT2D eigenvalue weighted by Crippen LogP contribution is -2.20. The van der Waals surface area contributed by atoms with Crippen LogP contribution in [-0.4, -0.2) is 33.8 Å². The standard InChI is InChI=1S/C14H14FN3O3/c1-8(9-5-3-4-6-10(9)15)18-12(14(20)21)7-11(17-18)13(19)16-2/h3-8H,1-2H3,(H,16,19)(H,20,21). The van der Waals surface area contributed by atoms with Gasteiger partial charge < -0.3 is 10.4 Å². The molecule has 7 heteroatoms. The van der Waals surface area contributed by atoms with Crippen molar-refractivity contribution in [3.8, 4) is 0 Å². The molecule has 1 unspecified atom stereocenters. The van der Waals surface area contributed by atoms with Gasteiger partial charge in [0.1, 0.15) is 11.5 Å². The molecule has 0 saturated heterocycles. The summed E-state index contributed by atoms with van der Waals surface area (Å²) in [5.74, 6) is -2.20. The van der Waals surface area contributed by atoms with Gasteiger partial charge in [0.15, 0.2) is 5.69 Å². The third kappa shape index (κ3) is 2.76. The van der Waals surface area contributed by atoms with Crippen LogP contribution in [0, 0.1) is 5.82 Å². The van der Waals surface area contributed by atoms with E-state index in [9.17, 15) is 19.1 Å². The van der Waals surface area contributed by atoms with Crippen LogP contribution in [-0.2, 0) is 0 Å². The van der Waals surface area contributed by atoms with Gasteiger partial charge in [-0.1, -0.05) is 18.2 Å². The molecule has 2 N–H and O–H groups in total. The van der Waals surface area contributed by atoms with Gasteiger partial charge in [-0.25, -0.2) is 13.9 Å². The molecular formula is C14H14FN3O3. The van der Waals surface area contributed by atoms with Crippen molar-refractivity contribution >= 4 is 11.9 Å². The van der Waals surface area contributed by atoms with Gasteiger partial charge in [-0.3, -0.25) is 4.79 Å². The van der Waals surface area contributed by atoms with Crippen LogP contribution in [0.15, 0.2) is 30.3 Å². The SMILES string of the molecule is CNC(=O)c1cc(C(=O)O)n(C(C)c2ccccc2F)n1. The molecule has 0 bridgehead atoms. The van der Waals surface area contributed by atoms with E-state index in [2.05, 4.69) is 10.4 Å². The summed E-state index contributed by atoms with van der Waals surface area (Å²) in [7, 11) is 1.42. The number of benzene rings is 1. The Morgan fingerprint density at radius 2 is 2.05 bits per heavy atom. The largest absolute Gasteiger partial charge is 0.477 e. The molecule has 1 aromatic carbocycles. The number of nitrogens with zero attached hydrogens (tertiary/aromatic N) is 2. The summed E-state index contributed by atoms with van der Waals surface area (Å²) in [6.45, 7) is 1.62. The fourth-order valence-corrected chi connectivity index (χ4v) is 2.03. The summed E-state index contributed by atoms with van der Waals surface area (Å²) >= 11 is 0. The number of nitrogens with one attached hydrogen (secondary N) is 1. The summed E-state index contributed by atoms with van der Waals surface area (Å²) < 4.78 is 15.0. The Hall–Kier alpha value is -2.70. The normalized spacial score (nSPS) is 12.0. The Morgan fingerprint density at radius 3 is 2.62 bits per heavy atom. The minimum Gasteiger partial charge on any atom is -0.477 e. The molecular weight excluding hydrogens is 277 g/mol. The molecule has 1 heterocycles. The van der Waals surface area contributed by atoms with Gasteiger partial charge in [0.2, 0.25) is 0 Å². The molecule has 0 radical (unpaired) electrons. The Balaban J connectivity index is 2.52. The summed E-state index contributed by atoms with van der Waals surface area (Å²) in [6.07, 6.45) is 0. The van der Waals surface area contributed by atoms with Crippen LogP contribution in [0.2, 0.25) is 0 Å². The second-order valence-electron chi connectivity index (χ2n) is 4.44. The number of carbonyl (C=O) groups is 2. The number of carboxylic acids is 1. The number of carbonyl (C=O) groups excluding carboxylic acids is 1. The fraction of sp³-hybridized carbons (Fsp3) is 0.214. The Labute approximate surface area is 120 Å². The maximum absolute atomic E-state index is 13.8. The highest BCUT2D eigenvalue weighted by molar-refractivity contribution is 5.95. The quantitative estimate of drug-likeness (QED) is 0.897. The molecule has 1 aromatic heterocycles. The van der Waals surface area contributed by atoms with Crippen LogP contribution >= 0.6 is 0 Å². The van der Waals surface area contributed by atoms with E-state index in [4.69, 9.17) is 0 Å². The van der Waals surface area contributed by atoms with Gasteiger partial charge in [-0.15, -0.1) is 0 Å². The zero-order chi connectivity index (χ0) is 15.6. The van der Waals surface area contributed by atoms with Gasteiger partial charge >= 0.3 is 5.97 Å². The molecule has 2 aromatic rings. The smallest absolute Gasteiger partial charge is 0.354 e. The highest BCUT2D eigenvalue weighted by Crippen LogP contribution is 2.22. The van der Waals surface area contributed by atoms with Crippen LogP contribution in [0.4, 0.5) is 4.39 Å². The van der Waals surface area contributed by atoms with Crippen molar-refractivity contribution < 1.29 is 19.1 Å². The fourth-order valence-electron chi connectivity index (χ4n) is 2.03. The predicted octanol–water partition coefficient (Wildman–Crippen LogP) is 1.69. The maximum Gasteiger partial charge on any atom is 0.354 e. The third-order valence-electron chi connectivity index (χ3n) is 3.14. The van der Waals surface area contributed by atoms with Gasteiger partial charge in [-0.05, 0) is 13.0 Å². The van der Waals surface area contributed by atoms with Crippen LogP contribution in [0.1, 0.15) is 39.5 Å². The minimum absolute atomic E-state index is 0.0295. The van der Waals surface area contributed by atoms with E-state index in [1.54, 1.807) is 25.1 Å². The molecule has 6 nitrogen and oxygen atoms in total. The number of aromatic carboxylic acids is 1. The highest BCUT2D eigenvalue weighted by atomic mass is 19.1. The molecule has 0 fully saturated rings. The lowest BCUT2D eigenvalue weighted by molar-refractivity contribution is 0.0681. The second kappa shape index (κ2) is 5.74. The van der Waals surface area contributed by atoms with Crippen LogP contribution in [0.3, 0.4) is 0 Å². The highest BCUT2D eigenvalue weighted by Gasteiger charge is 2.23. The van der Waals surface area contributed by atoms with E-state index in [0.717, 1.165) is 4.68 Å². The third-order valence-corrected chi connectivity index (χ3v) is 3.14. The average molecular weight is 291 g/mol. The molecule has 2 rings (SSSR count). The number of hydrogen-bond acceptors (Lipinski definition) is 3. The van der Waals surface area contributed by atoms with Crippen molar-refractivity contribution in [3.63, 3.8) is 0 Å². The number of aromatic nitrogens is 2. The Morgan fingerprint density at radius 1 is 1.38 bits per heavy atom. The van der Waals surface area contributed by atoms with E-state index >= 15 is 0 Å². The molecule has 1 atom stereocenters. The van der Waals surface area contributed by atoms with Crippen molar-refractivity contribution in [2.45, 2.75) is 13.0 Å². The Bertz CT molecular complexity index is 697. The van der Waals surface area contributed by atoms with Crippen molar-refractivity contribution in [1.82, 2.24) is 15.1 Å². The zero-order valence-electron chi connectivity index (χ0n) is 11.5. The van der Waals surface area contributed by atoms with Crippen LogP contribution in [0.5, 0.6) is 0 Å². The molecule has 0 aliphatic carbocycles. The molecule has 0 spiro atoms. The summed E-state index contributed by atoms with van der Waals surface area (Å²) in [5.41, 5.74) is 0.0917. The number of rotatable bonds is 4. The van der Waals surface area contributed by atoms with Crippen LogP contribution in [0.25, 0.3) is 0 Å². The van der Waals surface area contributed by atoms with Gasteiger partial charge in [0.05, 0.1) is 6.04 Å². The van der Waals surface area contributed by atoms with Gasteiger partial charge in [-0.2, -0.15) is 5.10 Å². The molecule has 1 amide bonds. The monoisotopic (exact) mass is 291 g/mol. The lowest BCUT2D eigenvalue weighted by atomic mass is 10.1. The minimum atomic E-state index is -1.24.